The van der Waals surface area contributed by atoms with E-state index in [4.69, 9.17) is 0 Å². The normalized spacial score (nSPS) is 16.8. The van der Waals surface area contributed by atoms with Crippen molar-refractivity contribution in [2.24, 2.45) is 5.41 Å². The zero-order valence-electron chi connectivity index (χ0n) is 12.0. The number of hydrogen-bond donors (Lipinski definition) is 2. The molecule has 0 atom stereocenters. The minimum absolute atomic E-state index is 0.567. The van der Waals surface area contributed by atoms with E-state index >= 15 is 0 Å². The molecular weight excluding hydrogens is 220 g/mol. The van der Waals surface area contributed by atoms with Crippen LogP contribution in [0.4, 0.5) is 0 Å². The van der Waals surface area contributed by atoms with Gasteiger partial charge in [0.25, 0.3) is 0 Å². The molecule has 0 radical (unpaired) electrons. The molecule has 2 heteroatoms. The highest BCUT2D eigenvalue weighted by atomic mass is 14.9. The molecule has 0 heterocycles. The first-order chi connectivity index (χ1) is 8.65. The van der Waals surface area contributed by atoms with Gasteiger partial charge in [0.2, 0.25) is 0 Å². The maximum absolute atomic E-state index is 3.62. The van der Waals surface area contributed by atoms with Crippen molar-refractivity contribution in [3.8, 4) is 0 Å². The van der Waals surface area contributed by atoms with Gasteiger partial charge >= 0.3 is 0 Å². The first kappa shape index (κ1) is 13.6. The van der Waals surface area contributed by atoms with Crippen LogP contribution in [0.5, 0.6) is 0 Å². The monoisotopic (exact) mass is 246 g/mol. The standard InChI is InChI=1S/C16H26N2/c1-13-4-5-15(14(2)10-13)6-9-18-12-16(7-8-16)11-17-3/h4-5,10,17-18H,6-9,11-12H2,1-3H3. The Morgan fingerprint density at radius 2 is 1.94 bits per heavy atom. The van der Waals surface area contributed by atoms with Crippen molar-refractivity contribution in [1.29, 1.82) is 0 Å². The lowest BCUT2D eigenvalue weighted by atomic mass is 10.0. The minimum Gasteiger partial charge on any atom is -0.319 e. The highest BCUT2D eigenvalue weighted by Crippen LogP contribution is 2.44. The quantitative estimate of drug-likeness (QED) is 0.722. The van der Waals surface area contributed by atoms with Gasteiger partial charge in [-0.25, -0.2) is 0 Å². The molecule has 1 aliphatic rings. The lowest BCUT2D eigenvalue weighted by Gasteiger charge is -2.15. The smallest absolute Gasteiger partial charge is 0.00201 e. The molecular formula is C16H26N2. The summed E-state index contributed by atoms with van der Waals surface area (Å²) in [5.41, 5.74) is 4.83. The molecule has 1 fully saturated rings. The predicted molar refractivity (Wildman–Crippen MR) is 78.1 cm³/mol. The van der Waals surface area contributed by atoms with E-state index in [0.717, 1.165) is 19.5 Å². The SMILES string of the molecule is CNCC1(CNCCc2ccc(C)cc2C)CC1. The van der Waals surface area contributed by atoms with Crippen molar-refractivity contribution < 1.29 is 0 Å². The van der Waals surface area contributed by atoms with Gasteiger partial charge in [0.15, 0.2) is 0 Å². The Morgan fingerprint density at radius 3 is 2.56 bits per heavy atom. The van der Waals surface area contributed by atoms with E-state index in [1.165, 1.54) is 36.1 Å². The molecule has 1 aromatic carbocycles. The molecule has 0 amide bonds. The number of rotatable bonds is 7. The van der Waals surface area contributed by atoms with Gasteiger partial charge in [-0.1, -0.05) is 23.8 Å². The van der Waals surface area contributed by atoms with Crippen molar-refractivity contribution in [2.45, 2.75) is 33.1 Å². The van der Waals surface area contributed by atoms with Crippen LogP contribution in [0.2, 0.25) is 0 Å². The van der Waals surface area contributed by atoms with Crippen molar-refractivity contribution in [2.75, 3.05) is 26.7 Å². The van der Waals surface area contributed by atoms with Crippen LogP contribution < -0.4 is 10.6 Å². The Balaban J connectivity index is 1.72. The zero-order chi connectivity index (χ0) is 13.0. The molecule has 1 aromatic rings. The van der Waals surface area contributed by atoms with Gasteiger partial charge in [-0.3, -0.25) is 0 Å². The fraction of sp³-hybridized carbons (Fsp3) is 0.625. The van der Waals surface area contributed by atoms with E-state index in [2.05, 4.69) is 49.7 Å². The molecule has 0 bridgehead atoms. The molecule has 2 nitrogen and oxygen atoms in total. The zero-order valence-corrected chi connectivity index (χ0v) is 12.0. The maximum atomic E-state index is 3.62. The molecule has 0 aliphatic heterocycles. The maximum Gasteiger partial charge on any atom is 0.00201 e. The summed E-state index contributed by atoms with van der Waals surface area (Å²) < 4.78 is 0. The summed E-state index contributed by atoms with van der Waals surface area (Å²) in [6.07, 6.45) is 3.90. The second-order valence-corrected chi connectivity index (χ2v) is 5.89. The van der Waals surface area contributed by atoms with E-state index in [1.807, 2.05) is 0 Å². The number of benzene rings is 1. The van der Waals surface area contributed by atoms with Gasteiger partial charge < -0.3 is 10.6 Å². The predicted octanol–water partition coefficient (Wildman–Crippen LogP) is 2.44. The van der Waals surface area contributed by atoms with Gasteiger partial charge in [0.05, 0.1) is 0 Å². The van der Waals surface area contributed by atoms with Crippen molar-refractivity contribution >= 4 is 0 Å². The molecule has 100 valence electrons. The summed E-state index contributed by atoms with van der Waals surface area (Å²) in [4.78, 5) is 0. The van der Waals surface area contributed by atoms with Gasteiger partial charge in [-0.05, 0) is 63.2 Å². The van der Waals surface area contributed by atoms with Crippen molar-refractivity contribution in [3.05, 3.63) is 34.9 Å². The number of aryl methyl sites for hydroxylation is 2. The fourth-order valence-electron chi connectivity index (χ4n) is 2.67. The molecule has 18 heavy (non-hydrogen) atoms. The number of nitrogens with one attached hydrogen (secondary N) is 2. The van der Waals surface area contributed by atoms with E-state index in [1.54, 1.807) is 0 Å². The van der Waals surface area contributed by atoms with E-state index in [0.29, 0.717) is 5.41 Å². The summed E-state index contributed by atoms with van der Waals surface area (Å²) in [6.45, 7) is 7.78. The van der Waals surface area contributed by atoms with Crippen molar-refractivity contribution in [1.82, 2.24) is 10.6 Å². The Morgan fingerprint density at radius 1 is 1.17 bits per heavy atom. The lowest BCUT2D eigenvalue weighted by molar-refractivity contribution is 0.441. The molecule has 1 aliphatic carbocycles. The van der Waals surface area contributed by atoms with E-state index in [-0.39, 0.29) is 0 Å². The average molecular weight is 246 g/mol. The van der Waals surface area contributed by atoms with Crippen LogP contribution in [0.25, 0.3) is 0 Å². The Hall–Kier alpha value is -0.860. The van der Waals surface area contributed by atoms with Crippen LogP contribution in [0.3, 0.4) is 0 Å². The highest BCUT2D eigenvalue weighted by Gasteiger charge is 2.41. The summed E-state index contributed by atoms with van der Waals surface area (Å²) >= 11 is 0. The van der Waals surface area contributed by atoms with Crippen LogP contribution in [0, 0.1) is 19.3 Å². The second-order valence-electron chi connectivity index (χ2n) is 5.89. The van der Waals surface area contributed by atoms with Crippen LogP contribution in [0.15, 0.2) is 18.2 Å². The van der Waals surface area contributed by atoms with Gasteiger partial charge in [0, 0.05) is 13.1 Å². The summed E-state index contributed by atoms with van der Waals surface area (Å²) in [6, 6.07) is 6.76. The third-order valence-electron chi connectivity index (χ3n) is 4.08. The summed E-state index contributed by atoms with van der Waals surface area (Å²) in [5.74, 6) is 0. The molecule has 1 saturated carbocycles. The first-order valence-corrected chi connectivity index (χ1v) is 7.07. The van der Waals surface area contributed by atoms with Crippen LogP contribution in [-0.4, -0.2) is 26.7 Å². The topological polar surface area (TPSA) is 24.1 Å². The van der Waals surface area contributed by atoms with Gasteiger partial charge in [0.1, 0.15) is 0 Å². The van der Waals surface area contributed by atoms with Crippen LogP contribution in [-0.2, 0) is 6.42 Å². The molecule has 0 saturated heterocycles. The van der Waals surface area contributed by atoms with Crippen LogP contribution in [0.1, 0.15) is 29.5 Å². The highest BCUT2D eigenvalue weighted by molar-refractivity contribution is 5.30. The summed E-state index contributed by atoms with van der Waals surface area (Å²) in [7, 11) is 2.05. The molecule has 0 aromatic heterocycles. The Kier molecular flexibility index (Phi) is 4.41. The van der Waals surface area contributed by atoms with E-state index < -0.39 is 0 Å². The fourth-order valence-corrected chi connectivity index (χ4v) is 2.67. The number of hydrogen-bond acceptors (Lipinski definition) is 2. The summed E-state index contributed by atoms with van der Waals surface area (Å²) in [5, 5.41) is 6.93. The largest absolute Gasteiger partial charge is 0.319 e. The third kappa shape index (κ3) is 3.56. The molecule has 0 spiro atoms. The molecule has 2 N–H and O–H groups in total. The third-order valence-corrected chi connectivity index (χ3v) is 4.08. The molecule has 0 unspecified atom stereocenters. The Bertz CT molecular complexity index is 394. The lowest BCUT2D eigenvalue weighted by Crippen LogP contribution is -2.32. The van der Waals surface area contributed by atoms with Gasteiger partial charge in [-0.2, -0.15) is 0 Å². The minimum atomic E-state index is 0.567. The van der Waals surface area contributed by atoms with E-state index in [9.17, 15) is 0 Å². The van der Waals surface area contributed by atoms with Gasteiger partial charge in [-0.15, -0.1) is 0 Å². The average Bonchev–Trinajstić information content (AvgIpc) is 3.08. The van der Waals surface area contributed by atoms with Crippen LogP contribution >= 0.6 is 0 Å². The Labute approximate surface area is 111 Å². The second kappa shape index (κ2) is 5.85. The first-order valence-electron chi connectivity index (χ1n) is 7.07. The van der Waals surface area contributed by atoms with Crippen molar-refractivity contribution in [3.63, 3.8) is 0 Å². The molecule has 2 rings (SSSR count).